The average molecular weight is 271 g/mol. The van der Waals surface area contributed by atoms with Gasteiger partial charge in [-0.1, -0.05) is 18.2 Å². The Morgan fingerprint density at radius 3 is 2.47 bits per heavy atom. The third-order valence-electron chi connectivity index (χ3n) is 2.76. The van der Waals surface area contributed by atoms with Gasteiger partial charge in [-0.2, -0.15) is 13.2 Å². The maximum Gasteiger partial charge on any atom is 0.417 e. The van der Waals surface area contributed by atoms with Gasteiger partial charge in [-0.25, -0.2) is 0 Å². The Morgan fingerprint density at radius 2 is 1.89 bits per heavy atom. The molecule has 0 aliphatic carbocycles. The van der Waals surface area contributed by atoms with E-state index < -0.39 is 11.7 Å². The molecule has 0 saturated carbocycles. The SMILES string of the molecule is CCn1c(CO)nnc1-c1ccccc1C(F)(F)F. The number of alkyl halides is 3. The van der Waals surface area contributed by atoms with Gasteiger partial charge in [0.2, 0.25) is 0 Å². The highest BCUT2D eigenvalue weighted by Crippen LogP contribution is 2.36. The Kier molecular flexibility index (Phi) is 3.57. The van der Waals surface area contributed by atoms with Gasteiger partial charge in [0.15, 0.2) is 11.6 Å². The van der Waals surface area contributed by atoms with Gasteiger partial charge in [0.05, 0.1) is 5.56 Å². The van der Waals surface area contributed by atoms with Crippen LogP contribution < -0.4 is 0 Å². The zero-order valence-electron chi connectivity index (χ0n) is 10.1. The van der Waals surface area contributed by atoms with E-state index >= 15 is 0 Å². The first-order chi connectivity index (χ1) is 8.99. The third kappa shape index (κ3) is 2.46. The number of hydrogen-bond donors (Lipinski definition) is 1. The molecule has 0 aliphatic rings. The van der Waals surface area contributed by atoms with E-state index in [1.807, 2.05) is 0 Å². The second-order valence-electron chi connectivity index (χ2n) is 3.89. The average Bonchev–Trinajstić information content (AvgIpc) is 2.80. The first kappa shape index (κ1) is 13.5. The highest BCUT2D eigenvalue weighted by molar-refractivity contribution is 5.61. The largest absolute Gasteiger partial charge is 0.417 e. The van der Waals surface area contributed by atoms with Crippen molar-refractivity contribution in [1.29, 1.82) is 0 Å². The lowest BCUT2D eigenvalue weighted by Crippen LogP contribution is -2.10. The van der Waals surface area contributed by atoms with Crippen LogP contribution in [0.2, 0.25) is 0 Å². The predicted octanol–water partition coefficient (Wildman–Crippen LogP) is 2.48. The van der Waals surface area contributed by atoms with Crippen LogP contribution in [-0.4, -0.2) is 19.9 Å². The molecule has 0 saturated heterocycles. The maximum absolute atomic E-state index is 13.0. The van der Waals surface area contributed by atoms with Crippen LogP contribution in [0, 0.1) is 0 Å². The molecule has 0 aliphatic heterocycles. The van der Waals surface area contributed by atoms with Gasteiger partial charge in [0.25, 0.3) is 0 Å². The normalized spacial score (nSPS) is 11.8. The molecule has 0 amide bonds. The molecular formula is C12H12F3N3O. The number of benzene rings is 1. The molecule has 1 aromatic carbocycles. The summed E-state index contributed by atoms with van der Waals surface area (Å²) in [7, 11) is 0. The summed E-state index contributed by atoms with van der Waals surface area (Å²) in [4.78, 5) is 0. The standard InChI is InChI=1S/C12H12F3N3O/c1-2-18-10(7-19)16-17-11(18)8-5-3-4-6-9(8)12(13,14)15/h3-6,19H,2,7H2,1H3. The number of nitrogens with zero attached hydrogens (tertiary/aromatic N) is 3. The molecule has 1 N–H and O–H groups in total. The van der Waals surface area contributed by atoms with Gasteiger partial charge in [-0.15, -0.1) is 10.2 Å². The van der Waals surface area contributed by atoms with Crippen LogP contribution in [0.25, 0.3) is 11.4 Å². The van der Waals surface area contributed by atoms with Crippen molar-refractivity contribution in [3.8, 4) is 11.4 Å². The van der Waals surface area contributed by atoms with Gasteiger partial charge in [-0.3, -0.25) is 0 Å². The predicted molar refractivity (Wildman–Crippen MR) is 62.1 cm³/mol. The minimum atomic E-state index is -4.46. The van der Waals surface area contributed by atoms with Crippen molar-refractivity contribution in [2.75, 3.05) is 0 Å². The summed E-state index contributed by atoms with van der Waals surface area (Å²) in [5.41, 5.74) is -0.800. The van der Waals surface area contributed by atoms with Gasteiger partial charge < -0.3 is 9.67 Å². The van der Waals surface area contributed by atoms with Crippen molar-refractivity contribution in [3.05, 3.63) is 35.7 Å². The molecule has 0 spiro atoms. The molecule has 0 radical (unpaired) electrons. The Bertz CT molecular complexity index is 578. The Hall–Kier alpha value is -1.89. The smallest absolute Gasteiger partial charge is 0.388 e. The molecule has 0 atom stereocenters. The van der Waals surface area contributed by atoms with E-state index in [-0.39, 0.29) is 23.8 Å². The molecule has 1 heterocycles. The second-order valence-corrected chi connectivity index (χ2v) is 3.89. The molecule has 1 aromatic heterocycles. The van der Waals surface area contributed by atoms with Crippen molar-refractivity contribution in [1.82, 2.24) is 14.8 Å². The van der Waals surface area contributed by atoms with Crippen LogP contribution in [0.15, 0.2) is 24.3 Å². The number of aromatic nitrogens is 3. The Labute approximate surface area is 107 Å². The van der Waals surface area contributed by atoms with Crippen LogP contribution in [0.1, 0.15) is 18.3 Å². The highest BCUT2D eigenvalue weighted by Gasteiger charge is 2.34. The molecule has 4 nitrogen and oxygen atoms in total. The molecule has 0 unspecified atom stereocenters. The minimum absolute atomic E-state index is 0.0379. The van der Waals surface area contributed by atoms with Crippen molar-refractivity contribution in [2.24, 2.45) is 0 Å². The van der Waals surface area contributed by atoms with Crippen molar-refractivity contribution in [3.63, 3.8) is 0 Å². The number of halogens is 3. The summed E-state index contributed by atoms with van der Waals surface area (Å²) in [5, 5.41) is 16.5. The third-order valence-corrected chi connectivity index (χ3v) is 2.76. The van der Waals surface area contributed by atoms with Gasteiger partial charge in [0, 0.05) is 12.1 Å². The van der Waals surface area contributed by atoms with Crippen LogP contribution in [0.3, 0.4) is 0 Å². The highest BCUT2D eigenvalue weighted by atomic mass is 19.4. The van der Waals surface area contributed by atoms with Gasteiger partial charge in [-0.05, 0) is 13.0 Å². The first-order valence-electron chi connectivity index (χ1n) is 5.68. The van der Waals surface area contributed by atoms with Crippen molar-refractivity contribution < 1.29 is 18.3 Å². The van der Waals surface area contributed by atoms with Gasteiger partial charge >= 0.3 is 6.18 Å². The summed E-state index contributed by atoms with van der Waals surface area (Å²) in [6.45, 7) is 1.77. The zero-order valence-corrected chi connectivity index (χ0v) is 10.1. The van der Waals surface area contributed by atoms with Crippen LogP contribution in [-0.2, 0) is 19.3 Å². The number of aliphatic hydroxyl groups is 1. The molecule has 2 rings (SSSR count). The lowest BCUT2D eigenvalue weighted by molar-refractivity contribution is -0.137. The Balaban J connectivity index is 2.63. The summed E-state index contributed by atoms with van der Waals surface area (Å²) in [6.07, 6.45) is -4.46. The first-order valence-corrected chi connectivity index (χ1v) is 5.68. The molecule has 2 aromatic rings. The van der Waals surface area contributed by atoms with Crippen LogP contribution >= 0.6 is 0 Å². The van der Waals surface area contributed by atoms with E-state index in [1.165, 1.54) is 22.8 Å². The fourth-order valence-corrected chi connectivity index (χ4v) is 1.91. The monoisotopic (exact) mass is 271 g/mol. The van der Waals surface area contributed by atoms with E-state index in [4.69, 9.17) is 5.11 Å². The second kappa shape index (κ2) is 5.00. The number of hydrogen-bond acceptors (Lipinski definition) is 3. The lowest BCUT2D eigenvalue weighted by atomic mass is 10.1. The molecule has 0 bridgehead atoms. The maximum atomic E-state index is 13.0. The molecule has 0 fully saturated rings. The Morgan fingerprint density at radius 1 is 1.21 bits per heavy atom. The van der Waals surface area contributed by atoms with E-state index in [0.29, 0.717) is 6.54 Å². The summed E-state index contributed by atoms with van der Waals surface area (Å²) >= 11 is 0. The minimum Gasteiger partial charge on any atom is -0.388 e. The van der Waals surface area contributed by atoms with Crippen molar-refractivity contribution in [2.45, 2.75) is 26.3 Å². The summed E-state index contributed by atoms with van der Waals surface area (Å²) in [6, 6.07) is 5.19. The molecule has 19 heavy (non-hydrogen) atoms. The van der Waals surface area contributed by atoms with Crippen LogP contribution in [0.4, 0.5) is 13.2 Å². The van der Waals surface area contributed by atoms with E-state index in [0.717, 1.165) is 6.07 Å². The number of rotatable bonds is 3. The van der Waals surface area contributed by atoms with Crippen molar-refractivity contribution >= 4 is 0 Å². The summed E-state index contributed by atoms with van der Waals surface area (Å²) in [5.74, 6) is 0.356. The quantitative estimate of drug-likeness (QED) is 0.933. The molecule has 102 valence electrons. The topological polar surface area (TPSA) is 50.9 Å². The van der Waals surface area contributed by atoms with E-state index in [2.05, 4.69) is 10.2 Å². The lowest BCUT2D eigenvalue weighted by Gasteiger charge is -2.13. The van der Waals surface area contributed by atoms with Crippen LogP contribution in [0.5, 0.6) is 0 Å². The fourth-order valence-electron chi connectivity index (χ4n) is 1.91. The summed E-state index contributed by atoms with van der Waals surface area (Å²) < 4.78 is 40.3. The molecule has 7 heteroatoms. The van der Waals surface area contributed by atoms with E-state index in [9.17, 15) is 13.2 Å². The zero-order chi connectivity index (χ0) is 14.0. The van der Waals surface area contributed by atoms with Gasteiger partial charge in [0.1, 0.15) is 6.61 Å². The number of aliphatic hydroxyl groups excluding tert-OH is 1. The molecular weight excluding hydrogens is 259 g/mol. The fraction of sp³-hybridized carbons (Fsp3) is 0.333. The van der Waals surface area contributed by atoms with E-state index in [1.54, 1.807) is 6.92 Å².